The summed E-state index contributed by atoms with van der Waals surface area (Å²) in [5, 5.41) is 8.17. The number of likely N-dealkylation sites (tertiary alicyclic amines) is 1. The lowest BCUT2D eigenvalue weighted by atomic mass is 9.90. The van der Waals surface area contributed by atoms with Crippen molar-refractivity contribution in [3.63, 3.8) is 0 Å². The molecular weight excluding hydrogens is 606 g/mol. The van der Waals surface area contributed by atoms with E-state index in [9.17, 15) is 27.2 Å². The number of benzene rings is 2. The molecule has 0 aliphatic carbocycles. The summed E-state index contributed by atoms with van der Waals surface area (Å²) >= 11 is 0. The summed E-state index contributed by atoms with van der Waals surface area (Å²) in [4.78, 5) is 36.6. The van der Waals surface area contributed by atoms with Gasteiger partial charge in [-0.25, -0.2) is 14.2 Å². The lowest BCUT2D eigenvalue weighted by molar-refractivity contribution is -0.141. The molecular formula is C32H31F4N7O3. The fourth-order valence-corrected chi connectivity index (χ4v) is 5.69. The normalized spacial score (nSPS) is 17.2. The molecule has 2 saturated heterocycles. The van der Waals surface area contributed by atoms with Crippen LogP contribution in [0.4, 0.5) is 45.6 Å². The van der Waals surface area contributed by atoms with Crippen molar-refractivity contribution in [1.82, 2.24) is 14.9 Å². The summed E-state index contributed by atoms with van der Waals surface area (Å²) in [7, 11) is 0. The summed E-state index contributed by atoms with van der Waals surface area (Å²) in [6, 6.07) is 18.1. The van der Waals surface area contributed by atoms with Crippen molar-refractivity contribution in [2.75, 3.05) is 47.0 Å². The zero-order chi connectivity index (χ0) is 32.3. The molecule has 14 heteroatoms. The highest BCUT2D eigenvalue weighted by molar-refractivity contribution is 6.03. The Morgan fingerprint density at radius 2 is 1.63 bits per heavy atom. The second-order valence-electron chi connectivity index (χ2n) is 11.2. The number of nitrogens with zero attached hydrogens (tertiary/aromatic N) is 4. The summed E-state index contributed by atoms with van der Waals surface area (Å²) in [5.74, 6) is -1.83. The predicted molar refractivity (Wildman–Crippen MR) is 163 cm³/mol. The van der Waals surface area contributed by atoms with Gasteiger partial charge < -0.3 is 30.2 Å². The third kappa shape index (κ3) is 7.05. The van der Waals surface area contributed by atoms with Crippen molar-refractivity contribution in [3.05, 3.63) is 95.8 Å². The van der Waals surface area contributed by atoms with Gasteiger partial charge in [0, 0.05) is 32.2 Å². The van der Waals surface area contributed by atoms with E-state index in [0.717, 1.165) is 0 Å². The number of rotatable bonds is 7. The fraction of sp³-hybridized carbons (Fsp3) is 0.312. The van der Waals surface area contributed by atoms with E-state index in [1.54, 1.807) is 21.9 Å². The number of nitrogens with one attached hydrogen (secondary N) is 3. The Bertz CT molecular complexity index is 1670. The molecule has 3 N–H and O–H groups in total. The minimum atomic E-state index is -4.90. The SMILES string of the molecule is O=C(Nc1ccc(N[C@@H]2CCN(C(=O)Nc3ccccc3F)C2)nc1)c1oc(N2CCC(c3ccccc3)CC2)nc1C(F)(F)F. The first-order chi connectivity index (χ1) is 22.1. The largest absolute Gasteiger partial charge is 0.437 e. The van der Waals surface area contributed by atoms with Gasteiger partial charge in [-0.1, -0.05) is 42.5 Å². The number of carbonyl (C=O) groups is 2. The number of hydrogen-bond acceptors (Lipinski definition) is 7. The maximum Gasteiger partial charge on any atom is 0.437 e. The maximum absolute atomic E-state index is 13.9. The Morgan fingerprint density at radius 1 is 0.891 bits per heavy atom. The minimum absolute atomic E-state index is 0.0931. The summed E-state index contributed by atoms with van der Waals surface area (Å²) in [6.45, 7) is 1.66. The molecule has 4 heterocycles. The molecule has 4 aromatic rings. The van der Waals surface area contributed by atoms with E-state index in [0.29, 0.717) is 51.3 Å². The number of halogens is 4. The van der Waals surface area contributed by atoms with Crippen LogP contribution in [0.2, 0.25) is 0 Å². The zero-order valence-corrected chi connectivity index (χ0v) is 24.6. The number of anilines is 4. The summed E-state index contributed by atoms with van der Waals surface area (Å²) in [5.41, 5.74) is 0.0363. The van der Waals surface area contributed by atoms with Crippen LogP contribution in [0.1, 0.15) is 47.0 Å². The Kier molecular flexibility index (Phi) is 8.77. The van der Waals surface area contributed by atoms with E-state index < -0.39 is 35.4 Å². The second-order valence-corrected chi connectivity index (χ2v) is 11.2. The van der Waals surface area contributed by atoms with Crippen LogP contribution in [0, 0.1) is 5.82 Å². The molecule has 0 unspecified atom stereocenters. The molecule has 240 valence electrons. The van der Waals surface area contributed by atoms with Gasteiger partial charge in [-0.15, -0.1) is 0 Å². The Hall–Kier alpha value is -5.14. The molecule has 3 amide bonds. The third-order valence-corrected chi connectivity index (χ3v) is 8.09. The number of hydrogen-bond donors (Lipinski definition) is 3. The molecule has 6 rings (SSSR count). The zero-order valence-electron chi connectivity index (χ0n) is 24.6. The monoisotopic (exact) mass is 637 g/mol. The molecule has 10 nitrogen and oxygen atoms in total. The molecule has 0 bridgehead atoms. The molecule has 2 aromatic carbocycles. The molecule has 0 spiro atoms. The number of urea groups is 1. The predicted octanol–water partition coefficient (Wildman–Crippen LogP) is 6.58. The lowest BCUT2D eigenvalue weighted by Gasteiger charge is -2.31. The number of aromatic nitrogens is 2. The van der Waals surface area contributed by atoms with Crippen molar-refractivity contribution in [2.45, 2.75) is 37.4 Å². The average Bonchev–Trinajstić information content (AvgIpc) is 3.72. The van der Waals surface area contributed by atoms with E-state index in [1.807, 2.05) is 30.3 Å². The van der Waals surface area contributed by atoms with Gasteiger partial charge in [0.2, 0.25) is 5.76 Å². The fourth-order valence-electron chi connectivity index (χ4n) is 5.69. The van der Waals surface area contributed by atoms with Crippen LogP contribution in [-0.4, -0.2) is 59.0 Å². The number of oxazole rings is 1. The molecule has 1 atom stereocenters. The van der Waals surface area contributed by atoms with Crippen molar-refractivity contribution in [2.24, 2.45) is 0 Å². The highest BCUT2D eigenvalue weighted by Crippen LogP contribution is 2.36. The molecule has 2 aromatic heterocycles. The number of carbonyl (C=O) groups excluding carboxylic acids is 2. The molecule has 0 saturated carbocycles. The quantitative estimate of drug-likeness (QED) is 0.196. The molecule has 2 aliphatic heterocycles. The van der Waals surface area contributed by atoms with E-state index in [4.69, 9.17) is 4.42 Å². The van der Waals surface area contributed by atoms with Gasteiger partial charge in [-0.05, 0) is 55.0 Å². The second kappa shape index (κ2) is 13.1. The van der Waals surface area contributed by atoms with Crippen LogP contribution in [0.25, 0.3) is 0 Å². The Labute approximate surface area is 261 Å². The maximum atomic E-state index is 13.9. The van der Waals surface area contributed by atoms with Gasteiger partial charge in [-0.3, -0.25) is 4.79 Å². The van der Waals surface area contributed by atoms with Gasteiger partial charge in [0.1, 0.15) is 11.6 Å². The third-order valence-electron chi connectivity index (χ3n) is 8.09. The van der Waals surface area contributed by atoms with Gasteiger partial charge in [0.15, 0.2) is 5.69 Å². The first kappa shape index (κ1) is 30.9. The van der Waals surface area contributed by atoms with Crippen molar-refractivity contribution in [1.29, 1.82) is 0 Å². The van der Waals surface area contributed by atoms with E-state index >= 15 is 0 Å². The molecule has 2 fully saturated rings. The van der Waals surface area contributed by atoms with Crippen LogP contribution in [0.3, 0.4) is 0 Å². The standard InChI is InChI=1S/C32H31F4N7O3/c33-24-8-4-5-9-25(24)40-30(45)43-17-14-23(19-43)38-26-11-10-22(18-37-26)39-29(44)27-28(32(34,35)36)41-31(46-27)42-15-12-21(13-16-42)20-6-2-1-3-7-20/h1-11,18,21,23H,12-17,19H2,(H,37,38)(H,39,44)(H,40,45)/t23-/m1/s1. The Balaban J connectivity index is 1.05. The van der Waals surface area contributed by atoms with Crippen molar-refractivity contribution < 1.29 is 31.6 Å². The van der Waals surface area contributed by atoms with Crippen LogP contribution >= 0.6 is 0 Å². The number of piperidine rings is 1. The Morgan fingerprint density at radius 3 is 2.33 bits per heavy atom. The summed E-state index contributed by atoms with van der Waals surface area (Å²) in [6.07, 6.45) is -1.56. The van der Waals surface area contributed by atoms with Gasteiger partial charge in [-0.2, -0.15) is 18.2 Å². The van der Waals surface area contributed by atoms with Crippen LogP contribution in [0.5, 0.6) is 0 Å². The highest BCUT2D eigenvalue weighted by atomic mass is 19.4. The number of alkyl halides is 3. The first-order valence-electron chi connectivity index (χ1n) is 14.9. The van der Waals surface area contributed by atoms with Gasteiger partial charge in [0.05, 0.1) is 17.6 Å². The molecule has 0 radical (unpaired) electrons. The summed E-state index contributed by atoms with van der Waals surface area (Å²) < 4.78 is 60.9. The first-order valence-corrected chi connectivity index (χ1v) is 14.9. The number of amides is 3. The number of pyridine rings is 1. The van der Waals surface area contributed by atoms with Gasteiger partial charge in [0.25, 0.3) is 11.9 Å². The van der Waals surface area contributed by atoms with E-state index in [1.165, 1.54) is 36.0 Å². The van der Waals surface area contributed by atoms with E-state index in [2.05, 4.69) is 25.9 Å². The lowest BCUT2D eigenvalue weighted by Crippen LogP contribution is -2.35. The van der Waals surface area contributed by atoms with E-state index in [-0.39, 0.29) is 29.3 Å². The van der Waals surface area contributed by atoms with Crippen molar-refractivity contribution >= 4 is 35.1 Å². The number of para-hydroxylation sites is 1. The topological polar surface area (TPSA) is 116 Å². The minimum Gasteiger partial charge on any atom is -0.417 e. The van der Waals surface area contributed by atoms with Crippen LogP contribution in [0.15, 0.2) is 77.3 Å². The van der Waals surface area contributed by atoms with Gasteiger partial charge >= 0.3 is 12.2 Å². The van der Waals surface area contributed by atoms with Crippen molar-refractivity contribution in [3.8, 4) is 0 Å². The smallest absolute Gasteiger partial charge is 0.417 e. The highest BCUT2D eigenvalue weighted by Gasteiger charge is 2.42. The molecule has 46 heavy (non-hydrogen) atoms. The van der Waals surface area contributed by atoms with Crippen LogP contribution in [-0.2, 0) is 6.18 Å². The average molecular weight is 638 g/mol. The van der Waals surface area contributed by atoms with Crippen LogP contribution < -0.4 is 20.9 Å². The molecule has 2 aliphatic rings.